The van der Waals surface area contributed by atoms with Crippen LogP contribution >= 0.6 is 0 Å². The van der Waals surface area contributed by atoms with Crippen molar-refractivity contribution in [2.45, 2.75) is 30.7 Å². The monoisotopic (exact) mass is 208 g/mol. The summed E-state index contributed by atoms with van der Waals surface area (Å²) in [4.78, 5) is 0. The van der Waals surface area contributed by atoms with Gasteiger partial charge in [0.1, 0.15) is 6.10 Å². The van der Waals surface area contributed by atoms with Crippen LogP contribution in [-0.4, -0.2) is 60.4 Å². The molecule has 0 aromatic rings. The van der Waals surface area contributed by atoms with Gasteiger partial charge >= 0.3 is 0 Å². The molecule has 1 rings (SSSR count). The van der Waals surface area contributed by atoms with E-state index in [9.17, 15) is 10.2 Å². The summed E-state index contributed by atoms with van der Waals surface area (Å²) >= 11 is 0. The van der Waals surface area contributed by atoms with Gasteiger partial charge in [-0.15, -0.1) is 0 Å². The fourth-order valence-corrected chi connectivity index (χ4v) is 1.60. The standard InChI is InChI=1S/C8H16O6/c1-12-7(13-2)8(11)3-5(10)6(4-9)14-8/h5-7,9-11H,3-4H2,1-2H3/t5-,6+,8?/m0/s1. The van der Waals surface area contributed by atoms with Crippen molar-refractivity contribution < 1.29 is 29.5 Å². The van der Waals surface area contributed by atoms with E-state index < -0.39 is 24.3 Å². The number of ether oxygens (including phenoxy) is 3. The second kappa shape index (κ2) is 4.52. The fourth-order valence-electron chi connectivity index (χ4n) is 1.60. The zero-order chi connectivity index (χ0) is 10.8. The maximum absolute atomic E-state index is 9.88. The lowest BCUT2D eigenvalue weighted by Gasteiger charge is -2.29. The minimum atomic E-state index is -1.70. The lowest BCUT2D eigenvalue weighted by Crippen LogP contribution is -2.45. The Morgan fingerprint density at radius 3 is 2.43 bits per heavy atom. The number of methoxy groups -OCH3 is 2. The van der Waals surface area contributed by atoms with E-state index in [1.165, 1.54) is 14.2 Å². The van der Waals surface area contributed by atoms with E-state index in [-0.39, 0.29) is 13.0 Å². The molecule has 0 aromatic carbocycles. The molecule has 1 aliphatic rings. The molecule has 3 atom stereocenters. The van der Waals surface area contributed by atoms with Gasteiger partial charge in [0.2, 0.25) is 12.1 Å². The Kier molecular flexibility index (Phi) is 3.82. The van der Waals surface area contributed by atoms with Crippen molar-refractivity contribution in [3.63, 3.8) is 0 Å². The van der Waals surface area contributed by atoms with Crippen molar-refractivity contribution in [1.82, 2.24) is 0 Å². The van der Waals surface area contributed by atoms with Gasteiger partial charge in [-0.1, -0.05) is 0 Å². The molecule has 0 spiro atoms. The van der Waals surface area contributed by atoms with E-state index in [0.29, 0.717) is 0 Å². The zero-order valence-electron chi connectivity index (χ0n) is 8.21. The molecule has 0 saturated carbocycles. The number of aliphatic hydroxyl groups excluding tert-OH is 2. The van der Waals surface area contributed by atoms with Gasteiger partial charge in [-0.2, -0.15) is 0 Å². The van der Waals surface area contributed by atoms with Gasteiger partial charge in [-0.05, 0) is 0 Å². The van der Waals surface area contributed by atoms with Crippen molar-refractivity contribution in [2.24, 2.45) is 0 Å². The minimum Gasteiger partial charge on any atom is -0.394 e. The van der Waals surface area contributed by atoms with Crippen LogP contribution in [-0.2, 0) is 14.2 Å². The van der Waals surface area contributed by atoms with Crippen molar-refractivity contribution >= 4 is 0 Å². The first-order chi connectivity index (χ1) is 6.57. The molecule has 0 bridgehead atoms. The number of aliphatic hydroxyl groups is 3. The van der Waals surface area contributed by atoms with Crippen LogP contribution in [0.15, 0.2) is 0 Å². The van der Waals surface area contributed by atoms with Crippen LogP contribution in [0.3, 0.4) is 0 Å². The van der Waals surface area contributed by atoms with Gasteiger partial charge in [0.15, 0.2) is 0 Å². The molecule has 6 nitrogen and oxygen atoms in total. The average Bonchev–Trinajstić information content (AvgIpc) is 2.44. The zero-order valence-corrected chi connectivity index (χ0v) is 8.21. The summed E-state index contributed by atoms with van der Waals surface area (Å²) in [6, 6.07) is 0. The SMILES string of the molecule is COC(OC)C1(O)C[C@H](O)[C@@H](CO)O1. The predicted molar refractivity (Wildman–Crippen MR) is 45.3 cm³/mol. The highest BCUT2D eigenvalue weighted by Crippen LogP contribution is 2.32. The molecule has 1 saturated heterocycles. The van der Waals surface area contributed by atoms with Crippen molar-refractivity contribution in [1.29, 1.82) is 0 Å². The Balaban J connectivity index is 2.68. The second-order valence-electron chi connectivity index (χ2n) is 3.26. The molecular weight excluding hydrogens is 192 g/mol. The molecule has 6 heteroatoms. The first-order valence-electron chi connectivity index (χ1n) is 4.32. The smallest absolute Gasteiger partial charge is 0.221 e. The van der Waals surface area contributed by atoms with E-state index in [4.69, 9.17) is 19.3 Å². The summed E-state index contributed by atoms with van der Waals surface area (Å²) in [6.07, 6.45) is -2.75. The Labute approximate surface area is 82.0 Å². The molecule has 0 amide bonds. The predicted octanol–water partition coefficient (Wildman–Crippen LogP) is -1.56. The fraction of sp³-hybridized carbons (Fsp3) is 1.00. The van der Waals surface area contributed by atoms with Crippen LogP contribution in [0.4, 0.5) is 0 Å². The third-order valence-electron chi connectivity index (χ3n) is 2.26. The molecule has 1 unspecified atom stereocenters. The number of hydrogen-bond acceptors (Lipinski definition) is 6. The Morgan fingerprint density at radius 2 is 2.07 bits per heavy atom. The topological polar surface area (TPSA) is 88.4 Å². The van der Waals surface area contributed by atoms with Crippen molar-refractivity contribution in [3.8, 4) is 0 Å². The van der Waals surface area contributed by atoms with E-state index in [0.717, 1.165) is 0 Å². The highest BCUT2D eigenvalue weighted by Gasteiger charge is 2.50. The highest BCUT2D eigenvalue weighted by molar-refractivity contribution is 4.88. The molecule has 0 radical (unpaired) electrons. The summed E-state index contributed by atoms with van der Waals surface area (Å²) < 4.78 is 14.7. The first-order valence-corrected chi connectivity index (χ1v) is 4.32. The Bertz CT molecular complexity index is 183. The number of hydrogen-bond donors (Lipinski definition) is 3. The normalized spacial score (nSPS) is 38.1. The minimum absolute atomic E-state index is 0.0510. The van der Waals surface area contributed by atoms with Gasteiger partial charge in [0, 0.05) is 20.6 Å². The Morgan fingerprint density at radius 1 is 1.50 bits per heavy atom. The van der Waals surface area contributed by atoms with Crippen LogP contribution in [0.25, 0.3) is 0 Å². The maximum Gasteiger partial charge on any atom is 0.221 e. The molecule has 0 aromatic heterocycles. The van der Waals surface area contributed by atoms with E-state index >= 15 is 0 Å². The van der Waals surface area contributed by atoms with Gasteiger partial charge < -0.3 is 29.5 Å². The van der Waals surface area contributed by atoms with Crippen LogP contribution < -0.4 is 0 Å². The maximum atomic E-state index is 9.88. The van der Waals surface area contributed by atoms with Crippen molar-refractivity contribution in [2.75, 3.05) is 20.8 Å². The quantitative estimate of drug-likeness (QED) is 0.484. The molecule has 14 heavy (non-hydrogen) atoms. The lowest BCUT2D eigenvalue weighted by molar-refractivity contribution is -0.317. The molecule has 0 aliphatic carbocycles. The molecular formula is C8H16O6. The average molecular weight is 208 g/mol. The number of rotatable bonds is 4. The Hall–Kier alpha value is -0.240. The first kappa shape index (κ1) is 11.8. The third-order valence-corrected chi connectivity index (χ3v) is 2.26. The summed E-state index contributed by atoms with van der Waals surface area (Å²) in [5, 5.41) is 28.1. The molecule has 1 heterocycles. The van der Waals surface area contributed by atoms with Gasteiger partial charge in [-0.25, -0.2) is 0 Å². The lowest BCUT2D eigenvalue weighted by atomic mass is 10.1. The third kappa shape index (κ3) is 2.05. The molecule has 1 aliphatic heterocycles. The molecule has 3 N–H and O–H groups in total. The van der Waals surface area contributed by atoms with Crippen LogP contribution in [0.2, 0.25) is 0 Å². The van der Waals surface area contributed by atoms with Crippen molar-refractivity contribution in [3.05, 3.63) is 0 Å². The summed E-state index contributed by atoms with van der Waals surface area (Å²) in [5.74, 6) is -1.70. The summed E-state index contributed by atoms with van der Waals surface area (Å²) in [6.45, 7) is -0.358. The molecule has 84 valence electrons. The summed E-state index contributed by atoms with van der Waals surface area (Å²) in [5.41, 5.74) is 0. The van der Waals surface area contributed by atoms with Crippen LogP contribution in [0.5, 0.6) is 0 Å². The van der Waals surface area contributed by atoms with Gasteiger partial charge in [-0.3, -0.25) is 0 Å². The van der Waals surface area contributed by atoms with E-state index in [1.54, 1.807) is 0 Å². The van der Waals surface area contributed by atoms with Crippen LogP contribution in [0.1, 0.15) is 6.42 Å². The summed E-state index contributed by atoms with van der Waals surface area (Å²) in [7, 11) is 2.71. The van der Waals surface area contributed by atoms with E-state index in [1.807, 2.05) is 0 Å². The van der Waals surface area contributed by atoms with E-state index in [2.05, 4.69) is 0 Å². The highest BCUT2D eigenvalue weighted by atomic mass is 16.7. The second-order valence-corrected chi connectivity index (χ2v) is 3.26. The van der Waals surface area contributed by atoms with Gasteiger partial charge in [0.25, 0.3) is 0 Å². The van der Waals surface area contributed by atoms with Crippen LogP contribution in [0, 0.1) is 0 Å². The molecule has 1 fully saturated rings. The van der Waals surface area contributed by atoms with Gasteiger partial charge in [0.05, 0.1) is 12.7 Å². The largest absolute Gasteiger partial charge is 0.394 e.